The van der Waals surface area contributed by atoms with Gasteiger partial charge in [0.05, 0.1) is 7.11 Å². The van der Waals surface area contributed by atoms with Gasteiger partial charge in [-0.2, -0.15) is 0 Å². The fraction of sp³-hybridized carbons (Fsp3) is 0.174. The molecular weight excluding hydrogens is 386 g/mol. The van der Waals surface area contributed by atoms with Crippen molar-refractivity contribution in [2.45, 2.75) is 13.5 Å². The van der Waals surface area contributed by atoms with E-state index in [1.165, 1.54) is 13.0 Å². The predicted molar refractivity (Wildman–Crippen MR) is 109 cm³/mol. The molecule has 154 valence electrons. The lowest BCUT2D eigenvalue weighted by molar-refractivity contribution is -0.124. The van der Waals surface area contributed by atoms with Crippen molar-refractivity contribution in [1.29, 1.82) is 0 Å². The minimum atomic E-state index is -0.735. The summed E-state index contributed by atoms with van der Waals surface area (Å²) in [6, 6.07) is 17.2. The average Bonchev–Trinajstić information content (AvgIpc) is 3.27. The lowest BCUT2D eigenvalue weighted by Crippen LogP contribution is -2.28. The number of hydrogen-bond acceptors (Lipinski definition) is 6. The van der Waals surface area contributed by atoms with E-state index in [2.05, 4.69) is 5.32 Å². The second-order valence-electron chi connectivity index (χ2n) is 6.50. The van der Waals surface area contributed by atoms with E-state index in [0.717, 1.165) is 16.9 Å². The summed E-state index contributed by atoms with van der Waals surface area (Å²) in [6.45, 7) is 1.38. The van der Waals surface area contributed by atoms with Crippen molar-refractivity contribution < 1.29 is 28.3 Å². The quantitative estimate of drug-likeness (QED) is 0.453. The van der Waals surface area contributed by atoms with Gasteiger partial charge in [-0.1, -0.05) is 36.4 Å². The molecule has 0 aliphatic rings. The normalized spacial score (nSPS) is 10.3. The molecule has 30 heavy (non-hydrogen) atoms. The zero-order chi connectivity index (χ0) is 21.5. The number of rotatable bonds is 8. The summed E-state index contributed by atoms with van der Waals surface area (Å²) in [6.07, 6.45) is 0. The highest BCUT2D eigenvalue weighted by Crippen LogP contribution is 2.23. The third-order valence-corrected chi connectivity index (χ3v) is 4.37. The molecule has 0 aliphatic carbocycles. The topological polar surface area (TPSA) is 94.8 Å². The number of esters is 1. The van der Waals surface area contributed by atoms with E-state index < -0.39 is 18.5 Å². The van der Waals surface area contributed by atoms with Gasteiger partial charge in [0.2, 0.25) is 5.76 Å². The SMILES string of the molecule is COc1ccc(CNC(=O)COC(=O)c2ccc(-c3ccc(C(C)=O)cc3)o2)cc1. The largest absolute Gasteiger partial charge is 0.497 e. The molecule has 3 rings (SSSR count). The van der Waals surface area contributed by atoms with Crippen molar-refractivity contribution in [3.8, 4) is 17.1 Å². The molecule has 0 saturated heterocycles. The van der Waals surface area contributed by atoms with Crippen LogP contribution in [0.25, 0.3) is 11.3 Å². The molecule has 0 saturated carbocycles. The highest BCUT2D eigenvalue weighted by atomic mass is 16.5. The fourth-order valence-corrected chi connectivity index (χ4v) is 2.67. The molecule has 0 radical (unpaired) electrons. The number of nitrogens with one attached hydrogen (secondary N) is 1. The first-order valence-corrected chi connectivity index (χ1v) is 9.24. The summed E-state index contributed by atoms with van der Waals surface area (Å²) in [4.78, 5) is 35.4. The smallest absolute Gasteiger partial charge is 0.374 e. The number of amides is 1. The van der Waals surface area contributed by atoms with Gasteiger partial charge in [-0.3, -0.25) is 9.59 Å². The fourth-order valence-electron chi connectivity index (χ4n) is 2.67. The molecule has 0 atom stereocenters. The van der Waals surface area contributed by atoms with Crippen LogP contribution in [-0.2, 0) is 16.1 Å². The molecule has 0 aliphatic heterocycles. The Morgan fingerprint density at radius 2 is 1.63 bits per heavy atom. The zero-order valence-corrected chi connectivity index (χ0v) is 16.6. The number of carbonyl (C=O) groups is 3. The number of ketones is 1. The van der Waals surface area contributed by atoms with Gasteiger partial charge in [-0.25, -0.2) is 4.79 Å². The second-order valence-corrected chi connectivity index (χ2v) is 6.50. The van der Waals surface area contributed by atoms with Crippen LogP contribution in [0.2, 0.25) is 0 Å². The van der Waals surface area contributed by atoms with Crippen LogP contribution in [-0.4, -0.2) is 31.4 Å². The Bertz CT molecular complexity index is 1030. The van der Waals surface area contributed by atoms with Crippen molar-refractivity contribution in [3.63, 3.8) is 0 Å². The maximum atomic E-state index is 12.1. The van der Waals surface area contributed by atoms with Crippen LogP contribution in [0.1, 0.15) is 33.4 Å². The highest BCUT2D eigenvalue weighted by Gasteiger charge is 2.15. The second kappa shape index (κ2) is 9.56. The lowest BCUT2D eigenvalue weighted by Gasteiger charge is -2.07. The molecule has 0 bridgehead atoms. The number of Topliss-reactive ketones (excluding diaryl/α,β-unsaturated/α-hetero) is 1. The van der Waals surface area contributed by atoms with Crippen LogP contribution >= 0.6 is 0 Å². The van der Waals surface area contributed by atoms with E-state index in [1.54, 1.807) is 49.6 Å². The maximum Gasteiger partial charge on any atom is 0.374 e. The summed E-state index contributed by atoms with van der Waals surface area (Å²) < 4.78 is 15.6. The summed E-state index contributed by atoms with van der Waals surface area (Å²) >= 11 is 0. The standard InChI is InChI=1S/C23H21NO6/c1-15(25)17-5-7-18(8-6-17)20-11-12-21(30-20)23(27)29-14-22(26)24-13-16-3-9-19(28-2)10-4-16/h3-12H,13-14H2,1-2H3,(H,24,26). The van der Waals surface area contributed by atoms with Gasteiger partial charge in [-0.05, 0) is 36.8 Å². The Morgan fingerprint density at radius 3 is 2.27 bits per heavy atom. The Morgan fingerprint density at radius 1 is 0.933 bits per heavy atom. The van der Waals surface area contributed by atoms with Gasteiger partial charge < -0.3 is 19.2 Å². The van der Waals surface area contributed by atoms with E-state index in [9.17, 15) is 14.4 Å². The van der Waals surface area contributed by atoms with Gasteiger partial charge in [0.1, 0.15) is 11.5 Å². The minimum Gasteiger partial charge on any atom is -0.497 e. The molecule has 7 heteroatoms. The summed E-state index contributed by atoms with van der Waals surface area (Å²) in [5, 5.41) is 2.67. The molecule has 0 fully saturated rings. The maximum absolute atomic E-state index is 12.1. The first-order chi connectivity index (χ1) is 14.5. The van der Waals surface area contributed by atoms with Gasteiger partial charge in [0.25, 0.3) is 5.91 Å². The summed E-state index contributed by atoms with van der Waals surface area (Å²) in [5.74, 6) is -0.0151. The minimum absolute atomic E-state index is 0.0106. The number of furan rings is 1. The van der Waals surface area contributed by atoms with E-state index in [4.69, 9.17) is 13.9 Å². The summed E-state index contributed by atoms with van der Waals surface area (Å²) in [5.41, 5.74) is 2.20. The van der Waals surface area contributed by atoms with Crippen LogP contribution in [0.5, 0.6) is 5.75 Å². The number of hydrogen-bond donors (Lipinski definition) is 1. The first-order valence-electron chi connectivity index (χ1n) is 9.24. The van der Waals surface area contributed by atoms with Crippen LogP contribution < -0.4 is 10.1 Å². The van der Waals surface area contributed by atoms with Crippen molar-refractivity contribution in [3.05, 3.63) is 77.6 Å². The van der Waals surface area contributed by atoms with Crippen molar-refractivity contribution in [2.75, 3.05) is 13.7 Å². The number of benzene rings is 2. The summed E-state index contributed by atoms with van der Waals surface area (Å²) in [7, 11) is 1.58. The van der Waals surface area contributed by atoms with E-state index in [0.29, 0.717) is 17.9 Å². The van der Waals surface area contributed by atoms with Crippen LogP contribution in [0.15, 0.2) is 65.1 Å². The monoisotopic (exact) mass is 407 g/mol. The van der Waals surface area contributed by atoms with Crippen LogP contribution in [0.3, 0.4) is 0 Å². The van der Waals surface area contributed by atoms with E-state index >= 15 is 0 Å². The van der Waals surface area contributed by atoms with Gasteiger partial charge in [0.15, 0.2) is 12.4 Å². The Hall–Kier alpha value is -3.87. The van der Waals surface area contributed by atoms with Crippen molar-refractivity contribution >= 4 is 17.7 Å². The van der Waals surface area contributed by atoms with Gasteiger partial charge >= 0.3 is 5.97 Å². The van der Waals surface area contributed by atoms with E-state index in [1.807, 2.05) is 12.1 Å². The highest BCUT2D eigenvalue weighted by molar-refractivity contribution is 5.94. The molecule has 3 aromatic rings. The van der Waals surface area contributed by atoms with Gasteiger partial charge in [0, 0.05) is 17.7 Å². The molecule has 7 nitrogen and oxygen atoms in total. The van der Waals surface area contributed by atoms with Crippen LogP contribution in [0.4, 0.5) is 0 Å². The third kappa shape index (κ3) is 5.35. The molecule has 2 aromatic carbocycles. The predicted octanol–water partition coefficient (Wildman–Crippen LogP) is 3.63. The lowest BCUT2D eigenvalue weighted by atomic mass is 10.1. The zero-order valence-electron chi connectivity index (χ0n) is 16.6. The first kappa shape index (κ1) is 20.9. The Labute approximate surface area is 173 Å². The molecule has 1 aromatic heterocycles. The molecule has 1 amide bonds. The van der Waals surface area contributed by atoms with Crippen LogP contribution in [0, 0.1) is 0 Å². The van der Waals surface area contributed by atoms with Crippen molar-refractivity contribution in [1.82, 2.24) is 5.32 Å². The Balaban J connectivity index is 1.49. The average molecular weight is 407 g/mol. The molecular formula is C23H21NO6. The molecule has 1 N–H and O–H groups in total. The molecule has 1 heterocycles. The van der Waals surface area contributed by atoms with Crippen molar-refractivity contribution in [2.24, 2.45) is 0 Å². The number of methoxy groups -OCH3 is 1. The van der Waals surface area contributed by atoms with Gasteiger partial charge in [-0.15, -0.1) is 0 Å². The Kier molecular flexibility index (Phi) is 6.64. The number of ether oxygens (including phenoxy) is 2. The molecule has 0 unspecified atom stereocenters. The number of carbonyl (C=O) groups excluding carboxylic acids is 3. The third-order valence-electron chi connectivity index (χ3n) is 4.37. The molecule has 0 spiro atoms. The van der Waals surface area contributed by atoms with E-state index in [-0.39, 0.29) is 11.5 Å².